The molecule has 2 aromatic rings. The summed E-state index contributed by atoms with van der Waals surface area (Å²) < 4.78 is 5.36. The Kier molecular flexibility index (Phi) is 3.66. The van der Waals surface area contributed by atoms with Gasteiger partial charge in [-0.2, -0.15) is 4.98 Å². The van der Waals surface area contributed by atoms with Gasteiger partial charge in [0, 0.05) is 12.7 Å². The number of hydrogen-bond acceptors (Lipinski definition) is 6. The minimum Gasteiger partial charge on any atom is -0.338 e. The zero-order valence-electron chi connectivity index (χ0n) is 10.6. The molecule has 0 radical (unpaired) electrons. The molecule has 96 valence electrons. The Morgan fingerprint density at radius 3 is 2.67 bits per heavy atom. The largest absolute Gasteiger partial charge is 0.338 e. The molecule has 2 aromatic heterocycles. The van der Waals surface area contributed by atoms with Gasteiger partial charge >= 0.3 is 0 Å². The van der Waals surface area contributed by atoms with Gasteiger partial charge in [-0.25, -0.2) is 9.97 Å². The fraction of sp³-hybridized carbons (Fsp3) is 0.500. The monoisotopic (exact) mass is 247 g/mol. The summed E-state index contributed by atoms with van der Waals surface area (Å²) in [6, 6.07) is 1.75. The van der Waals surface area contributed by atoms with Crippen LogP contribution in [0.15, 0.2) is 23.1 Å². The first-order valence-electron chi connectivity index (χ1n) is 6.06. The molecule has 2 N–H and O–H groups in total. The molecule has 0 atom stereocenters. The van der Waals surface area contributed by atoms with Crippen LogP contribution in [0.5, 0.6) is 0 Å². The van der Waals surface area contributed by atoms with Crippen molar-refractivity contribution < 1.29 is 4.52 Å². The van der Waals surface area contributed by atoms with E-state index < -0.39 is 0 Å². The van der Waals surface area contributed by atoms with E-state index in [2.05, 4.69) is 34.0 Å². The predicted octanol–water partition coefficient (Wildman–Crippen LogP) is 1.54. The van der Waals surface area contributed by atoms with E-state index in [0.717, 1.165) is 12.8 Å². The number of nitrogens with two attached hydrogens (primary N) is 1. The number of rotatable bonds is 5. The van der Waals surface area contributed by atoms with Gasteiger partial charge in [0.05, 0.1) is 5.41 Å². The molecule has 0 saturated heterocycles. The molecule has 6 heteroatoms. The standard InChI is InChI=1S/C12H17N5O/c1-3-12(4-2,7-13)11-16-10(17-18-11)9-5-6-14-8-15-9/h5-6,8H,3-4,7,13H2,1-2H3. The smallest absolute Gasteiger partial charge is 0.234 e. The van der Waals surface area contributed by atoms with Crippen molar-refractivity contribution >= 4 is 0 Å². The summed E-state index contributed by atoms with van der Waals surface area (Å²) in [6.45, 7) is 4.64. The van der Waals surface area contributed by atoms with Crippen LogP contribution in [0.3, 0.4) is 0 Å². The van der Waals surface area contributed by atoms with Gasteiger partial charge in [-0.05, 0) is 18.9 Å². The molecule has 0 fully saturated rings. The average molecular weight is 247 g/mol. The van der Waals surface area contributed by atoms with Crippen molar-refractivity contribution in [2.45, 2.75) is 32.1 Å². The lowest BCUT2D eigenvalue weighted by atomic mass is 9.82. The molecule has 6 nitrogen and oxygen atoms in total. The van der Waals surface area contributed by atoms with Crippen LogP contribution >= 0.6 is 0 Å². The number of nitrogens with zero attached hydrogens (tertiary/aromatic N) is 4. The van der Waals surface area contributed by atoms with E-state index in [1.165, 1.54) is 6.33 Å². The minimum absolute atomic E-state index is 0.238. The van der Waals surface area contributed by atoms with Crippen LogP contribution < -0.4 is 5.73 Å². The quantitative estimate of drug-likeness (QED) is 0.861. The van der Waals surface area contributed by atoms with Gasteiger partial charge in [0.15, 0.2) is 0 Å². The molecule has 0 bridgehead atoms. The summed E-state index contributed by atoms with van der Waals surface area (Å²) in [4.78, 5) is 12.4. The topological polar surface area (TPSA) is 90.7 Å². The average Bonchev–Trinajstić information content (AvgIpc) is 2.93. The predicted molar refractivity (Wildman–Crippen MR) is 66.6 cm³/mol. The van der Waals surface area contributed by atoms with Gasteiger partial charge in [0.2, 0.25) is 11.7 Å². The van der Waals surface area contributed by atoms with Crippen LogP contribution in [0.1, 0.15) is 32.6 Å². The van der Waals surface area contributed by atoms with Crippen molar-refractivity contribution in [1.29, 1.82) is 0 Å². The van der Waals surface area contributed by atoms with E-state index in [9.17, 15) is 0 Å². The highest BCUT2D eigenvalue weighted by Crippen LogP contribution is 2.30. The molecule has 0 aliphatic rings. The highest BCUT2D eigenvalue weighted by molar-refractivity contribution is 5.46. The SMILES string of the molecule is CCC(CC)(CN)c1nc(-c2ccncn2)no1. The minimum atomic E-state index is -0.238. The van der Waals surface area contributed by atoms with E-state index >= 15 is 0 Å². The molecule has 0 amide bonds. The van der Waals surface area contributed by atoms with Crippen molar-refractivity contribution in [3.05, 3.63) is 24.5 Å². The molecule has 0 aliphatic heterocycles. The zero-order chi connectivity index (χ0) is 13.0. The Morgan fingerprint density at radius 1 is 1.33 bits per heavy atom. The molecule has 18 heavy (non-hydrogen) atoms. The van der Waals surface area contributed by atoms with E-state index in [4.69, 9.17) is 10.3 Å². The molecular formula is C12H17N5O. The van der Waals surface area contributed by atoms with Crippen molar-refractivity contribution in [3.63, 3.8) is 0 Å². The van der Waals surface area contributed by atoms with Gasteiger partial charge in [-0.1, -0.05) is 19.0 Å². The molecule has 0 saturated carbocycles. The first-order valence-corrected chi connectivity index (χ1v) is 6.06. The Bertz CT molecular complexity index is 484. The molecule has 2 heterocycles. The summed E-state index contributed by atoms with van der Waals surface area (Å²) in [5, 5.41) is 3.96. The van der Waals surface area contributed by atoms with Crippen molar-refractivity contribution in [2.75, 3.05) is 6.54 Å². The van der Waals surface area contributed by atoms with Crippen molar-refractivity contribution in [3.8, 4) is 11.5 Å². The summed E-state index contributed by atoms with van der Waals surface area (Å²) in [7, 11) is 0. The van der Waals surface area contributed by atoms with Gasteiger partial charge in [-0.15, -0.1) is 0 Å². The second-order valence-corrected chi connectivity index (χ2v) is 4.21. The second kappa shape index (κ2) is 5.22. The van der Waals surface area contributed by atoms with Crippen LogP contribution in [0, 0.1) is 0 Å². The van der Waals surface area contributed by atoms with E-state index in [1.807, 2.05) is 0 Å². The highest BCUT2D eigenvalue weighted by Gasteiger charge is 2.33. The maximum Gasteiger partial charge on any atom is 0.234 e. The van der Waals surface area contributed by atoms with E-state index in [-0.39, 0.29) is 5.41 Å². The normalized spacial score (nSPS) is 11.7. The third-order valence-electron chi connectivity index (χ3n) is 3.44. The number of aromatic nitrogens is 4. The molecule has 2 rings (SSSR count). The lowest BCUT2D eigenvalue weighted by Gasteiger charge is -2.24. The summed E-state index contributed by atoms with van der Waals surface area (Å²) in [5.74, 6) is 1.07. The van der Waals surface area contributed by atoms with Crippen LogP contribution in [-0.4, -0.2) is 26.7 Å². The first-order chi connectivity index (χ1) is 8.75. The lowest BCUT2D eigenvalue weighted by molar-refractivity contribution is 0.267. The van der Waals surface area contributed by atoms with E-state index in [1.54, 1.807) is 12.3 Å². The lowest BCUT2D eigenvalue weighted by Crippen LogP contribution is -2.34. The molecule has 0 aliphatic carbocycles. The van der Waals surface area contributed by atoms with Crippen LogP contribution in [0.4, 0.5) is 0 Å². The fourth-order valence-corrected chi connectivity index (χ4v) is 1.89. The van der Waals surface area contributed by atoms with E-state index in [0.29, 0.717) is 24.0 Å². The van der Waals surface area contributed by atoms with Gasteiger partial charge in [0.25, 0.3) is 0 Å². The van der Waals surface area contributed by atoms with Gasteiger partial charge in [-0.3, -0.25) is 0 Å². The molecule has 0 spiro atoms. The maximum atomic E-state index is 5.86. The third kappa shape index (κ3) is 2.11. The molecular weight excluding hydrogens is 230 g/mol. The Hall–Kier alpha value is -1.82. The summed E-state index contributed by atoms with van der Waals surface area (Å²) in [6.07, 6.45) is 4.84. The second-order valence-electron chi connectivity index (χ2n) is 4.21. The maximum absolute atomic E-state index is 5.86. The van der Waals surface area contributed by atoms with Crippen LogP contribution in [-0.2, 0) is 5.41 Å². The van der Waals surface area contributed by atoms with Gasteiger partial charge < -0.3 is 10.3 Å². The zero-order valence-corrected chi connectivity index (χ0v) is 10.6. The Labute approximate surface area is 106 Å². The first kappa shape index (κ1) is 12.6. The molecule has 0 aromatic carbocycles. The fourth-order valence-electron chi connectivity index (χ4n) is 1.89. The summed E-state index contributed by atoms with van der Waals surface area (Å²) in [5.41, 5.74) is 6.27. The third-order valence-corrected chi connectivity index (χ3v) is 3.44. The highest BCUT2D eigenvalue weighted by atomic mass is 16.5. The Morgan fingerprint density at radius 2 is 2.11 bits per heavy atom. The van der Waals surface area contributed by atoms with Crippen LogP contribution in [0.2, 0.25) is 0 Å². The van der Waals surface area contributed by atoms with Crippen molar-refractivity contribution in [2.24, 2.45) is 5.73 Å². The van der Waals surface area contributed by atoms with Crippen molar-refractivity contribution in [1.82, 2.24) is 20.1 Å². The Balaban J connectivity index is 2.36. The van der Waals surface area contributed by atoms with Gasteiger partial charge in [0.1, 0.15) is 12.0 Å². The summed E-state index contributed by atoms with van der Waals surface area (Å²) >= 11 is 0. The van der Waals surface area contributed by atoms with Crippen LogP contribution in [0.25, 0.3) is 11.5 Å². The number of hydrogen-bond donors (Lipinski definition) is 1. The molecule has 0 unspecified atom stereocenters.